The van der Waals surface area contributed by atoms with Crippen LogP contribution in [-0.4, -0.2) is 20.7 Å². The van der Waals surface area contributed by atoms with E-state index in [2.05, 4.69) is 15.4 Å². The first-order valence-electron chi connectivity index (χ1n) is 8.24. The molecule has 0 atom stereocenters. The monoisotopic (exact) mass is 374 g/mol. The number of amides is 1. The van der Waals surface area contributed by atoms with E-state index in [1.54, 1.807) is 24.4 Å². The number of alkyl halides is 3. The molecule has 27 heavy (non-hydrogen) atoms. The number of pyridine rings is 1. The Bertz CT molecular complexity index is 936. The molecular weight excluding hydrogens is 357 g/mol. The van der Waals surface area contributed by atoms with Crippen LogP contribution < -0.4 is 5.32 Å². The number of aryl methyl sites for hydroxylation is 3. The van der Waals surface area contributed by atoms with Gasteiger partial charge in [0, 0.05) is 30.7 Å². The SMILES string of the molecule is Cn1nc(C(=O)Nc2cccc(CCc3ccccn3)c2)cc1C(F)(F)F. The van der Waals surface area contributed by atoms with E-state index in [-0.39, 0.29) is 5.69 Å². The van der Waals surface area contributed by atoms with E-state index in [0.29, 0.717) is 10.4 Å². The van der Waals surface area contributed by atoms with Crippen LogP contribution in [0.3, 0.4) is 0 Å². The Kier molecular flexibility index (Phi) is 5.25. The van der Waals surface area contributed by atoms with Crippen LogP contribution in [-0.2, 0) is 26.1 Å². The average Bonchev–Trinajstić information content (AvgIpc) is 3.04. The first kappa shape index (κ1) is 18.6. The summed E-state index contributed by atoms with van der Waals surface area (Å²) in [5.74, 6) is -0.692. The number of carbonyl (C=O) groups is 1. The Morgan fingerprint density at radius 1 is 1.11 bits per heavy atom. The van der Waals surface area contributed by atoms with Gasteiger partial charge in [0.05, 0.1) is 0 Å². The van der Waals surface area contributed by atoms with Gasteiger partial charge in [-0.3, -0.25) is 14.5 Å². The van der Waals surface area contributed by atoms with Gasteiger partial charge in [-0.15, -0.1) is 0 Å². The highest BCUT2D eigenvalue weighted by Crippen LogP contribution is 2.29. The summed E-state index contributed by atoms with van der Waals surface area (Å²) in [7, 11) is 1.15. The quantitative estimate of drug-likeness (QED) is 0.738. The van der Waals surface area contributed by atoms with E-state index < -0.39 is 17.8 Å². The molecule has 0 fully saturated rings. The van der Waals surface area contributed by atoms with Gasteiger partial charge >= 0.3 is 6.18 Å². The third kappa shape index (κ3) is 4.72. The molecule has 2 heterocycles. The number of rotatable bonds is 5. The zero-order chi connectivity index (χ0) is 19.4. The Hall–Kier alpha value is -3.16. The molecule has 140 valence electrons. The van der Waals surface area contributed by atoms with E-state index in [0.717, 1.165) is 37.2 Å². The molecule has 5 nitrogen and oxygen atoms in total. The van der Waals surface area contributed by atoms with Crippen molar-refractivity contribution >= 4 is 11.6 Å². The molecule has 1 amide bonds. The molecule has 0 saturated heterocycles. The fraction of sp³-hybridized carbons (Fsp3) is 0.211. The molecule has 1 aromatic carbocycles. The van der Waals surface area contributed by atoms with Crippen LogP contribution in [0.1, 0.15) is 27.4 Å². The molecule has 8 heteroatoms. The van der Waals surface area contributed by atoms with Crippen molar-refractivity contribution in [2.75, 3.05) is 5.32 Å². The zero-order valence-corrected chi connectivity index (χ0v) is 14.5. The molecule has 2 aromatic heterocycles. The lowest BCUT2D eigenvalue weighted by Crippen LogP contribution is -2.13. The third-order valence-corrected chi connectivity index (χ3v) is 3.98. The average molecular weight is 374 g/mol. The van der Waals surface area contributed by atoms with Crippen molar-refractivity contribution in [1.82, 2.24) is 14.8 Å². The van der Waals surface area contributed by atoms with E-state index in [1.807, 2.05) is 24.3 Å². The van der Waals surface area contributed by atoms with Gasteiger partial charge in [-0.2, -0.15) is 18.3 Å². The van der Waals surface area contributed by atoms with Gasteiger partial charge in [-0.1, -0.05) is 18.2 Å². The Morgan fingerprint density at radius 3 is 2.59 bits per heavy atom. The highest BCUT2D eigenvalue weighted by atomic mass is 19.4. The number of anilines is 1. The zero-order valence-electron chi connectivity index (χ0n) is 14.5. The van der Waals surface area contributed by atoms with Crippen LogP contribution in [0.2, 0.25) is 0 Å². The molecule has 0 bridgehead atoms. The van der Waals surface area contributed by atoms with Gasteiger partial charge < -0.3 is 5.32 Å². The largest absolute Gasteiger partial charge is 0.433 e. The lowest BCUT2D eigenvalue weighted by Gasteiger charge is -2.06. The van der Waals surface area contributed by atoms with Crippen molar-refractivity contribution in [3.05, 3.63) is 77.4 Å². The van der Waals surface area contributed by atoms with Crippen molar-refractivity contribution in [3.63, 3.8) is 0 Å². The van der Waals surface area contributed by atoms with E-state index in [1.165, 1.54) is 0 Å². The molecule has 0 saturated carbocycles. The van der Waals surface area contributed by atoms with Gasteiger partial charge in [-0.25, -0.2) is 0 Å². The van der Waals surface area contributed by atoms with Crippen LogP contribution in [0.25, 0.3) is 0 Å². The Morgan fingerprint density at radius 2 is 1.93 bits per heavy atom. The van der Waals surface area contributed by atoms with E-state index in [9.17, 15) is 18.0 Å². The van der Waals surface area contributed by atoms with Crippen LogP contribution in [0.4, 0.5) is 18.9 Å². The summed E-state index contributed by atoms with van der Waals surface area (Å²) in [5, 5.41) is 6.24. The molecule has 3 rings (SSSR count). The number of aromatic nitrogens is 3. The first-order valence-corrected chi connectivity index (χ1v) is 8.24. The number of nitrogens with one attached hydrogen (secondary N) is 1. The summed E-state index contributed by atoms with van der Waals surface area (Å²) in [6.45, 7) is 0. The molecule has 3 aromatic rings. The second-order valence-corrected chi connectivity index (χ2v) is 6.01. The van der Waals surface area contributed by atoms with Crippen molar-refractivity contribution in [1.29, 1.82) is 0 Å². The molecular formula is C19H17F3N4O. The number of benzene rings is 1. The van der Waals surface area contributed by atoms with Crippen LogP contribution in [0.15, 0.2) is 54.7 Å². The maximum absolute atomic E-state index is 12.8. The number of hydrogen-bond donors (Lipinski definition) is 1. The standard InChI is InChI=1S/C19H17F3N4O/c1-26-17(19(20,21)22)12-16(25-26)18(27)24-15-7-4-5-13(11-15)8-9-14-6-2-3-10-23-14/h2-7,10-12H,8-9H2,1H3,(H,24,27). The first-order chi connectivity index (χ1) is 12.8. The molecule has 0 radical (unpaired) electrons. The maximum atomic E-state index is 12.8. The predicted octanol–water partition coefficient (Wildman–Crippen LogP) is 3.87. The molecule has 0 aliphatic carbocycles. The summed E-state index contributed by atoms with van der Waals surface area (Å²) in [6, 6.07) is 13.6. The Balaban J connectivity index is 1.68. The summed E-state index contributed by atoms with van der Waals surface area (Å²) >= 11 is 0. The topological polar surface area (TPSA) is 59.8 Å². The minimum Gasteiger partial charge on any atom is -0.321 e. The van der Waals surface area contributed by atoms with Crippen LogP contribution in [0.5, 0.6) is 0 Å². The summed E-state index contributed by atoms with van der Waals surface area (Å²) < 4.78 is 39.1. The number of hydrogen-bond acceptors (Lipinski definition) is 3. The number of halogens is 3. The number of carbonyl (C=O) groups excluding carboxylic acids is 1. The van der Waals surface area contributed by atoms with Gasteiger partial charge in [0.25, 0.3) is 5.91 Å². The molecule has 0 aliphatic heterocycles. The smallest absolute Gasteiger partial charge is 0.321 e. The summed E-state index contributed by atoms with van der Waals surface area (Å²) in [6.07, 6.45) is -1.37. The van der Waals surface area contributed by atoms with Crippen molar-refractivity contribution in [2.45, 2.75) is 19.0 Å². The minimum atomic E-state index is -4.56. The van der Waals surface area contributed by atoms with E-state index >= 15 is 0 Å². The lowest BCUT2D eigenvalue weighted by atomic mass is 10.1. The van der Waals surface area contributed by atoms with Crippen LogP contribution in [0, 0.1) is 0 Å². The molecule has 1 N–H and O–H groups in total. The van der Waals surface area contributed by atoms with Gasteiger partial charge in [0.2, 0.25) is 0 Å². The Labute approximate surface area is 153 Å². The second-order valence-electron chi connectivity index (χ2n) is 6.01. The minimum absolute atomic E-state index is 0.288. The van der Waals surface area contributed by atoms with Crippen molar-refractivity contribution in [3.8, 4) is 0 Å². The highest BCUT2D eigenvalue weighted by molar-refractivity contribution is 6.03. The number of nitrogens with zero attached hydrogens (tertiary/aromatic N) is 3. The fourth-order valence-electron chi connectivity index (χ4n) is 2.66. The second kappa shape index (κ2) is 7.61. The van der Waals surface area contributed by atoms with Gasteiger partial charge in [-0.05, 0) is 42.7 Å². The molecule has 0 unspecified atom stereocenters. The molecule has 0 aliphatic rings. The summed E-state index contributed by atoms with van der Waals surface area (Å²) in [4.78, 5) is 16.5. The lowest BCUT2D eigenvalue weighted by molar-refractivity contribution is -0.143. The maximum Gasteiger partial charge on any atom is 0.433 e. The fourth-order valence-corrected chi connectivity index (χ4v) is 2.66. The predicted molar refractivity (Wildman–Crippen MR) is 94.3 cm³/mol. The van der Waals surface area contributed by atoms with Crippen LogP contribution >= 0.6 is 0 Å². The normalized spacial score (nSPS) is 11.4. The van der Waals surface area contributed by atoms with Crippen molar-refractivity contribution < 1.29 is 18.0 Å². The van der Waals surface area contributed by atoms with Gasteiger partial charge in [0.15, 0.2) is 5.69 Å². The van der Waals surface area contributed by atoms with Gasteiger partial charge in [0.1, 0.15) is 5.69 Å². The van der Waals surface area contributed by atoms with E-state index in [4.69, 9.17) is 0 Å². The highest BCUT2D eigenvalue weighted by Gasteiger charge is 2.35. The third-order valence-electron chi connectivity index (χ3n) is 3.98. The molecule has 0 spiro atoms. The summed E-state index contributed by atoms with van der Waals surface area (Å²) in [5.41, 5.74) is 1.17. The van der Waals surface area contributed by atoms with Crippen molar-refractivity contribution in [2.24, 2.45) is 7.05 Å².